The van der Waals surface area contributed by atoms with Gasteiger partial charge in [0.1, 0.15) is 11.5 Å². The van der Waals surface area contributed by atoms with Crippen LogP contribution < -0.4 is 19.1 Å². The maximum atomic E-state index is 12.1. The number of carbonyl (C=O) groups is 1. The highest BCUT2D eigenvalue weighted by atomic mass is 32.2. The Hall–Kier alpha value is -2.74. The molecule has 0 heterocycles. The highest BCUT2D eigenvalue weighted by Gasteiger charge is 2.15. The molecule has 2 rings (SSSR count). The third-order valence-corrected chi connectivity index (χ3v) is 5.08. The lowest BCUT2D eigenvalue weighted by Gasteiger charge is -2.20. The molecule has 27 heavy (non-hydrogen) atoms. The Morgan fingerprint density at radius 2 is 1.81 bits per heavy atom. The number of hydrogen-bond donors (Lipinski definition) is 1. The summed E-state index contributed by atoms with van der Waals surface area (Å²) in [7, 11) is -1.80. The summed E-state index contributed by atoms with van der Waals surface area (Å²) in [6, 6.07) is 12.0. The second-order valence-corrected chi connectivity index (χ2v) is 7.87. The summed E-state index contributed by atoms with van der Waals surface area (Å²) in [5.74, 6) is 0.711. The van der Waals surface area contributed by atoms with Crippen LogP contribution in [0.15, 0.2) is 42.5 Å². The third-order valence-electron chi connectivity index (χ3n) is 3.81. The zero-order valence-corrected chi connectivity index (χ0v) is 16.7. The maximum absolute atomic E-state index is 12.1. The molecule has 2 aromatic carbocycles. The fourth-order valence-electron chi connectivity index (χ4n) is 2.57. The Morgan fingerprint density at radius 3 is 2.37 bits per heavy atom. The number of anilines is 2. The molecule has 1 N–H and O–H groups in total. The molecular weight excluding hydrogens is 368 g/mol. The molecule has 0 bridgehead atoms. The van der Waals surface area contributed by atoms with Crippen LogP contribution in [0.2, 0.25) is 0 Å². The molecule has 146 valence electrons. The van der Waals surface area contributed by atoms with Gasteiger partial charge in [0.25, 0.3) is 5.91 Å². The molecular formula is C19H24N2O5S. The molecule has 0 spiro atoms. The normalized spacial score (nSPS) is 11.0. The second-order valence-electron chi connectivity index (χ2n) is 5.96. The molecule has 1 amide bonds. The third kappa shape index (κ3) is 5.62. The van der Waals surface area contributed by atoms with Gasteiger partial charge in [-0.1, -0.05) is 6.07 Å². The Morgan fingerprint density at radius 1 is 1.15 bits per heavy atom. The second kappa shape index (κ2) is 8.77. The summed E-state index contributed by atoms with van der Waals surface area (Å²) < 4.78 is 35.5. The number of nitrogens with zero attached hydrogens (tertiary/aromatic N) is 1. The van der Waals surface area contributed by atoms with Crippen LogP contribution in [-0.4, -0.2) is 40.8 Å². The van der Waals surface area contributed by atoms with E-state index in [1.807, 2.05) is 19.1 Å². The van der Waals surface area contributed by atoms with Gasteiger partial charge in [-0.2, -0.15) is 0 Å². The molecule has 0 atom stereocenters. The average Bonchev–Trinajstić information content (AvgIpc) is 2.60. The van der Waals surface area contributed by atoms with E-state index in [1.165, 1.54) is 11.4 Å². The standard InChI is InChI=1S/C19H24N2O5S/c1-5-21(27(4,23)24)15-7-9-16(10-8-15)26-13-19(22)20-17-12-14(2)6-11-18(17)25-3/h6-12H,5,13H2,1-4H3,(H,20,22). The van der Waals surface area contributed by atoms with Gasteiger partial charge in [0.05, 0.1) is 24.7 Å². The van der Waals surface area contributed by atoms with E-state index in [9.17, 15) is 13.2 Å². The lowest BCUT2D eigenvalue weighted by atomic mass is 10.2. The highest BCUT2D eigenvalue weighted by molar-refractivity contribution is 7.92. The fourth-order valence-corrected chi connectivity index (χ4v) is 3.55. The molecule has 0 aliphatic heterocycles. The summed E-state index contributed by atoms with van der Waals surface area (Å²) in [5.41, 5.74) is 2.11. The van der Waals surface area contributed by atoms with Crippen molar-refractivity contribution in [3.8, 4) is 11.5 Å². The number of aryl methyl sites for hydroxylation is 1. The zero-order valence-electron chi connectivity index (χ0n) is 15.9. The van der Waals surface area contributed by atoms with E-state index in [-0.39, 0.29) is 12.5 Å². The van der Waals surface area contributed by atoms with Crippen molar-refractivity contribution in [1.82, 2.24) is 0 Å². The van der Waals surface area contributed by atoms with E-state index < -0.39 is 10.0 Å². The van der Waals surface area contributed by atoms with Gasteiger partial charge in [-0.05, 0) is 55.8 Å². The number of hydrogen-bond acceptors (Lipinski definition) is 5. The van der Waals surface area contributed by atoms with Crippen molar-refractivity contribution in [2.45, 2.75) is 13.8 Å². The van der Waals surface area contributed by atoms with Gasteiger partial charge in [0, 0.05) is 6.54 Å². The maximum Gasteiger partial charge on any atom is 0.262 e. The highest BCUT2D eigenvalue weighted by Crippen LogP contribution is 2.25. The summed E-state index contributed by atoms with van der Waals surface area (Å²) in [5, 5.41) is 2.75. The number of rotatable bonds is 8. The van der Waals surface area contributed by atoms with Crippen LogP contribution in [0.25, 0.3) is 0 Å². The minimum absolute atomic E-state index is 0.181. The molecule has 0 aliphatic carbocycles. The number of carbonyl (C=O) groups excluding carboxylic acids is 1. The van der Waals surface area contributed by atoms with Crippen molar-refractivity contribution in [2.24, 2.45) is 0 Å². The lowest BCUT2D eigenvalue weighted by molar-refractivity contribution is -0.118. The van der Waals surface area contributed by atoms with Crippen LogP contribution in [0.5, 0.6) is 11.5 Å². The molecule has 0 saturated heterocycles. The van der Waals surface area contributed by atoms with Gasteiger partial charge >= 0.3 is 0 Å². The van der Waals surface area contributed by atoms with Crippen molar-refractivity contribution in [3.63, 3.8) is 0 Å². The van der Waals surface area contributed by atoms with Crippen molar-refractivity contribution in [3.05, 3.63) is 48.0 Å². The summed E-state index contributed by atoms with van der Waals surface area (Å²) >= 11 is 0. The van der Waals surface area contributed by atoms with Crippen LogP contribution in [0, 0.1) is 6.92 Å². The monoisotopic (exact) mass is 392 g/mol. The van der Waals surface area contributed by atoms with Gasteiger partial charge in [-0.3, -0.25) is 9.10 Å². The predicted molar refractivity (Wildman–Crippen MR) is 106 cm³/mol. The SMILES string of the molecule is CCN(c1ccc(OCC(=O)Nc2cc(C)ccc2OC)cc1)S(C)(=O)=O. The van der Waals surface area contributed by atoms with Gasteiger partial charge in [0.15, 0.2) is 6.61 Å². The molecule has 0 aliphatic rings. The van der Waals surface area contributed by atoms with Crippen molar-refractivity contribution in [2.75, 3.05) is 36.1 Å². The van der Waals surface area contributed by atoms with Crippen LogP contribution in [-0.2, 0) is 14.8 Å². The summed E-state index contributed by atoms with van der Waals surface area (Å²) in [4.78, 5) is 12.1. The lowest BCUT2D eigenvalue weighted by Crippen LogP contribution is -2.29. The minimum atomic E-state index is -3.33. The first-order chi connectivity index (χ1) is 12.7. The first kappa shape index (κ1) is 20.6. The smallest absolute Gasteiger partial charge is 0.262 e. The van der Waals surface area contributed by atoms with Gasteiger partial charge in [0.2, 0.25) is 10.0 Å². The van der Waals surface area contributed by atoms with Gasteiger partial charge in [-0.25, -0.2) is 8.42 Å². The fraction of sp³-hybridized carbons (Fsp3) is 0.316. The number of sulfonamides is 1. The number of amides is 1. The number of ether oxygens (including phenoxy) is 2. The van der Waals surface area contributed by atoms with E-state index >= 15 is 0 Å². The van der Waals surface area contributed by atoms with Gasteiger partial charge in [-0.15, -0.1) is 0 Å². The van der Waals surface area contributed by atoms with Crippen LogP contribution in [0.3, 0.4) is 0 Å². The molecule has 2 aromatic rings. The first-order valence-corrected chi connectivity index (χ1v) is 10.2. The van der Waals surface area contributed by atoms with Crippen molar-refractivity contribution < 1.29 is 22.7 Å². The van der Waals surface area contributed by atoms with Crippen molar-refractivity contribution >= 4 is 27.3 Å². The van der Waals surface area contributed by atoms with E-state index in [2.05, 4.69) is 5.32 Å². The summed E-state index contributed by atoms with van der Waals surface area (Å²) in [6.07, 6.45) is 1.16. The van der Waals surface area contributed by atoms with Crippen LogP contribution >= 0.6 is 0 Å². The molecule has 8 heteroatoms. The quantitative estimate of drug-likeness (QED) is 0.747. The Labute approximate surface area is 160 Å². The topological polar surface area (TPSA) is 84.9 Å². The molecule has 7 nitrogen and oxygen atoms in total. The van der Waals surface area contributed by atoms with E-state index in [4.69, 9.17) is 9.47 Å². The van der Waals surface area contributed by atoms with E-state index in [1.54, 1.807) is 37.3 Å². The number of benzene rings is 2. The molecule has 0 unspecified atom stereocenters. The Bertz CT molecular complexity index is 895. The predicted octanol–water partition coefficient (Wildman–Crippen LogP) is 2.81. The van der Waals surface area contributed by atoms with E-state index in [0.29, 0.717) is 29.4 Å². The van der Waals surface area contributed by atoms with Crippen LogP contribution in [0.1, 0.15) is 12.5 Å². The van der Waals surface area contributed by atoms with E-state index in [0.717, 1.165) is 11.8 Å². The number of nitrogens with one attached hydrogen (secondary N) is 1. The summed E-state index contributed by atoms with van der Waals surface area (Å²) in [6.45, 7) is 3.83. The Balaban J connectivity index is 1.99. The molecule has 0 saturated carbocycles. The zero-order chi connectivity index (χ0) is 20.0. The first-order valence-electron chi connectivity index (χ1n) is 8.39. The minimum Gasteiger partial charge on any atom is -0.495 e. The average molecular weight is 392 g/mol. The van der Waals surface area contributed by atoms with Crippen molar-refractivity contribution in [1.29, 1.82) is 0 Å². The molecule has 0 aromatic heterocycles. The largest absolute Gasteiger partial charge is 0.495 e. The van der Waals surface area contributed by atoms with Crippen LogP contribution in [0.4, 0.5) is 11.4 Å². The molecule has 0 radical (unpaired) electrons. The molecule has 0 fully saturated rings. The number of methoxy groups -OCH3 is 1. The Kier molecular flexibility index (Phi) is 6.68. The van der Waals surface area contributed by atoms with Gasteiger partial charge < -0.3 is 14.8 Å².